The number of carbonyl (C=O) groups excluding carboxylic acids is 1. The van der Waals surface area contributed by atoms with Crippen molar-refractivity contribution in [1.29, 1.82) is 0 Å². The number of halogens is 1. The molecule has 0 atom stereocenters. The molecule has 0 aromatic carbocycles. The summed E-state index contributed by atoms with van der Waals surface area (Å²) >= 11 is 0. The number of nitrogens with zero attached hydrogens (tertiary/aromatic N) is 1. The second-order valence-corrected chi connectivity index (χ2v) is 2.56. The first-order chi connectivity index (χ1) is 6.67. The van der Waals surface area contributed by atoms with Gasteiger partial charge in [0.1, 0.15) is 0 Å². The van der Waals surface area contributed by atoms with Crippen LogP contribution in [-0.4, -0.2) is 25.2 Å². The highest BCUT2D eigenvalue weighted by Crippen LogP contribution is 2.16. The van der Waals surface area contributed by atoms with E-state index in [0.29, 0.717) is 5.69 Å². The van der Waals surface area contributed by atoms with Crippen molar-refractivity contribution in [2.75, 3.05) is 14.2 Å². The van der Waals surface area contributed by atoms with E-state index < -0.39 is 11.8 Å². The Morgan fingerprint density at radius 2 is 2.29 bits per heavy atom. The standard InChI is InChI=1S/C9H10FNO3/c1-13-8-3-6(4-9(12)14-2)11-5-7(8)10/h3,5H,4H2,1-2H3. The molecule has 0 saturated heterocycles. The first-order valence-corrected chi connectivity index (χ1v) is 3.92. The number of esters is 1. The first kappa shape index (κ1) is 10.4. The van der Waals surface area contributed by atoms with Crippen molar-refractivity contribution in [2.24, 2.45) is 0 Å². The third-order valence-corrected chi connectivity index (χ3v) is 1.65. The van der Waals surface area contributed by atoms with Crippen molar-refractivity contribution in [2.45, 2.75) is 6.42 Å². The van der Waals surface area contributed by atoms with Gasteiger partial charge in [-0.15, -0.1) is 0 Å². The molecule has 1 heterocycles. The highest BCUT2D eigenvalue weighted by atomic mass is 19.1. The fraction of sp³-hybridized carbons (Fsp3) is 0.333. The van der Waals surface area contributed by atoms with E-state index in [1.807, 2.05) is 0 Å². The highest BCUT2D eigenvalue weighted by molar-refractivity contribution is 5.71. The van der Waals surface area contributed by atoms with Crippen molar-refractivity contribution in [3.05, 3.63) is 23.8 Å². The number of methoxy groups -OCH3 is 2. The normalized spacial score (nSPS) is 9.64. The molecule has 0 aliphatic carbocycles. The van der Waals surface area contributed by atoms with Gasteiger partial charge in [-0.1, -0.05) is 0 Å². The third-order valence-electron chi connectivity index (χ3n) is 1.65. The molecule has 0 bridgehead atoms. The average Bonchev–Trinajstić information content (AvgIpc) is 2.20. The van der Waals surface area contributed by atoms with Crippen molar-refractivity contribution in [1.82, 2.24) is 4.98 Å². The summed E-state index contributed by atoms with van der Waals surface area (Å²) in [6.45, 7) is 0. The number of rotatable bonds is 3. The fourth-order valence-corrected chi connectivity index (χ4v) is 0.934. The van der Waals surface area contributed by atoms with Gasteiger partial charge in [0.05, 0.1) is 32.5 Å². The lowest BCUT2D eigenvalue weighted by molar-refractivity contribution is -0.139. The van der Waals surface area contributed by atoms with E-state index in [2.05, 4.69) is 9.72 Å². The molecule has 14 heavy (non-hydrogen) atoms. The van der Waals surface area contributed by atoms with Crippen molar-refractivity contribution in [3.63, 3.8) is 0 Å². The van der Waals surface area contributed by atoms with Crippen LogP contribution in [0.5, 0.6) is 5.75 Å². The summed E-state index contributed by atoms with van der Waals surface area (Å²) in [5.41, 5.74) is 0.412. The topological polar surface area (TPSA) is 48.4 Å². The summed E-state index contributed by atoms with van der Waals surface area (Å²) < 4.78 is 22.1. The lowest BCUT2D eigenvalue weighted by Gasteiger charge is -2.03. The number of aromatic nitrogens is 1. The first-order valence-electron chi connectivity index (χ1n) is 3.92. The van der Waals surface area contributed by atoms with Crippen molar-refractivity contribution < 1.29 is 18.7 Å². The van der Waals surface area contributed by atoms with E-state index in [9.17, 15) is 9.18 Å². The lowest BCUT2D eigenvalue weighted by atomic mass is 10.2. The molecule has 1 rings (SSSR count). The number of pyridine rings is 1. The van der Waals surface area contributed by atoms with E-state index in [-0.39, 0.29) is 12.2 Å². The SMILES string of the molecule is COC(=O)Cc1cc(OC)c(F)cn1. The van der Waals surface area contributed by atoms with E-state index in [1.165, 1.54) is 20.3 Å². The van der Waals surface area contributed by atoms with Crippen LogP contribution >= 0.6 is 0 Å². The van der Waals surface area contributed by atoms with Crippen LogP contribution in [0.25, 0.3) is 0 Å². The summed E-state index contributed by atoms with van der Waals surface area (Å²) in [6, 6.07) is 1.37. The maximum absolute atomic E-state index is 12.9. The molecule has 0 aliphatic heterocycles. The zero-order chi connectivity index (χ0) is 10.6. The molecular formula is C9H10FNO3. The smallest absolute Gasteiger partial charge is 0.311 e. The molecular weight excluding hydrogens is 189 g/mol. The predicted molar refractivity (Wildman–Crippen MR) is 46.5 cm³/mol. The minimum atomic E-state index is -0.555. The Kier molecular flexibility index (Phi) is 3.39. The van der Waals surface area contributed by atoms with Crippen LogP contribution in [-0.2, 0) is 16.0 Å². The molecule has 4 nitrogen and oxygen atoms in total. The Bertz CT molecular complexity index is 341. The van der Waals surface area contributed by atoms with Crippen molar-refractivity contribution in [3.8, 4) is 5.75 Å². The van der Waals surface area contributed by atoms with Gasteiger partial charge in [-0.05, 0) is 0 Å². The molecule has 1 aromatic rings. The quantitative estimate of drug-likeness (QED) is 0.680. The van der Waals surface area contributed by atoms with Gasteiger partial charge in [0, 0.05) is 6.07 Å². The molecule has 0 aliphatic rings. The molecule has 5 heteroatoms. The Morgan fingerprint density at radius 3 is 2.86 bits per heavy atom. The van der Waals surface area contributed by atoms with Gasteiger partial charge < -0.3 is 9.47 Å². The van der Waals surface area contributed by atoms with Crippen LogP contribution in [0.1, 0.15) is 5.69 Å². The molecule has 0 fully saturated rings. The second-order valence-electron chi connectivity index (χ2n) is 2.56. The van der Waals surface area contributed by atoms with Crippen LogP contribution in [0.3, 0.4) is 0 Å². The van der Waals surface area contributed by atoms with Gasteiger partial charge in [0.2, 0.25) is 0 Å². The van der Waals surface area contributed by atoms with Crippen LogP contribution < -0.4 is 4.74 Å². The van der Waals surface area contributed by atoms with Gasteiger partial charge in [-0.3, -0.25) is 9.78 Å². The van der Waals surface area contributed by atoms with Crippen LogP contribution in [0, 0.1) is 5.82 Å². The Morgan fingerprint density at radius 1 is 1.57 bits per heavy atom. The summed E-state index contributed by atoms with van der Waals surface area (Å²) in [7, 11) is 2.63. The third kappa shape index (κ3) is 2.42. The molecule has 0 radical (unpaired) electrons. The van der Waals surface area contributed by atoms with Crippen LogP contribution in [0.15, 0.2) is 12.3 Å². The monoisotopic (exact) mass is 199 g/mol. The lowest BCUT2D eigenvalue weighted by Crippen LogP contribution is -2.06. The molecule has 1 aromatic heterocycles. The zero-order valence-corrected chi connectivity index (χ0v) is 7.91. The van der Waals surface area contributed by atoms with E-state index in [4.69, 9.17) is 4.74 Å². The predicted octanol–water partition coefficient (Wildman–Crippen LogP) is 0.945. The van der Waals surface area contributed by atoms with Gasteiger partial charge >= 0.3 is 5.97 Å². The van der Waals surface area contributed by atoms with Crippen LogP contribution in [0.4, 0.5) is 4.39 Å². The second kappa shape index (κ2) is 4.55. The zero-order valence-electron chi connectivity index (χ0n) is 7.91. The highest BCUT2D eigenvalue weighted by Gasteiger charge is 2.08. The maximum atomic E-state index is 12.9. The summed E-state index contributed by atoms with van der Waals surface area (Å²) in [4.78, 5) is 14.6. The summed E-state index contributed by atoms with van der Waals surface area (Å²) in [5, 5.41) is 0. The largest absolute Gasteiger partial charge is 0.494 e. The number of hydrogen-bond acceptors (Lipinski definition) is 4. The summed E-state index contributed by atoms with van der Waals surface area (Å²) in [6.07, 6.45) is 1.02. The van der Waals surface area contributed by atoms with E-state index in [0.717, 1.165) is 6.20 Å². The Balaban J connectivity index is 2.84. The van der Waals surface area contributed by atoms with Gasteiger partial charge in [-0.25, -0.2) is 4.39 Å². The number of ether oxygens (including phenoxy) is 2. The average molecular weight is 199 g/mol. The Hall–Kier alpha value is -1.65. The molecule has 0 amide bonds. The molecule has 0 N–H and O–H groups in total. The minimum Gasteiger partial charge on any atom is -0.494 e. The molecule has 0 unspecified atom stereocenters. The number of hydrogen-bond donors (Lipinski definition) is 0. The van der Waals surface area contributed by atoms with Crippen LogP contribution in [0.2, 0.25) is 0 Å². The van der Waals surface area contributed by atoms with Gasteiger partial charge in [-0.2, -0.15) is 0 Å². The summed E-state index contributed by atoms with van der Waals surface area (Å²) in [5.74, 6) is -0.911. The molecule has 76 valence electrons. The molecule has 0 spiro atoms. The van der Waals surface area contributed by atoms with E-state index in [1.54, 1.807) is 0 Å². The van der Waals surface area contributed by atoms with Crippen molar-refractivity contribution >= 4 is 5.97 Å². The Labute approximate surface area is 80.7 Å². The number of carbonyl (C=O) groups is 1. The molecule has 0 saturated carbocycles. The van der Waals surface area contributed by atoms with Gasteiger partial charge in [0.15, 0.2) is 11.6 Å². The minimum absolute atomic E-state index is 0.00708. The maximum Gasteiger partial charge on any atom is 0.311 e. The van der Waals surface area contributed by atoms with E-state index >= 15 is 0 Å². The van der Waals surface area contributed by atoms with Gasteiger partial charge in [0.25, 0.3) is 0 Å². The fourth-order valence-electron chi connectivity index (χ4n) is 0.934.